The summed E-state index contributed by atoms with van der Waals surface area (Å²) < 4.78 is 5.26. The van der Waals surface area contributed by atoms with Gasteiger partial charge in [0.2, 0.25) is 0 Å². The average molecular weight is 225 g/mol. The second-order valence-corrected chi connectivity index (χ2v) is 4.09. The van der Waals surface area contributed by atoms with E-state index in [9.17, 15) is 0 Å². The van der Waals surface area contributed by atoms with Gasteiger partial charge in [-0.15, -0.1) is 11.8 Å². The molecular weight excluding hydrogens is 206 g/mol. The molecule has 2 nitrogen and oxygen atoms in total. The third-order valence-electron chi connectivity index (χ3n) is 2.09. The first-order chi connectivity index (χ1) is 7.36. The van der Waals surface area contributed by atoms with Crippen LogP contribution in [0.25, 0.3) is 0 Å². The maximum atomic E-state index is 5.26. The van der Waals surface area contributed by atoms with Crippen LogP contribution in [0.1, 0.15) is 13.3 Å². The van der Waals surface area contributed by atoms with Crippen LogP contribution in [-0.4, -0.2) is 26.0 Å². The smallest absolute Gasteiger partial charge is 0.0482 e. The lowest BCUT2D eigenvalue weighted by molar-refractivity contribution is 0.147. The predicted octanol–water partition coefficient (Wildman–Crippen LogP) is 3.25. The van der Waals surface area contributed by atoms with Crippen molar-refractivity contribution >= 4 is 17.4 Å². The molecule has 1 rings (SSSR count). The normalized spacial score (nSPS) is 10.3. The zero-order valence-electron chi connectivity index (χ0n) is 9.45. The van der Waals surface area contributed by atoms with Crippen LogP contribution in [0.2, 0.25) is 0 Å². The molecule has 0 atom stereocenters. The molecule has 0 amide bonds. The van der Waals surface area contributed by atoms with Gasteiger partial charge in [0.1, 0.15) is 0 Å². The molecule has 0 saturated carbocycles. The predicted molar refractivity (Wildman–Crippen MR) is 67.8 cm³/mol. The van der Waals surface area contributed by atoms with E-state index in [0.717, 1.165) is 26.2 Å². The summed E-state index contributed by atoms with van der Waals surface area (Å²) in [6, 6.07) is 8.50. The van der Waals surface area contributed by atoms with Gasteiger partial charge in [0.25, 0.3) is 0 Å². The zero-order chi connectivity index (χ0) is 10.9. The van der Waals surface area contributed by atoms with Gasteiger partial charge in [-0.05, 0) is 43.9 Å². The number of rotatable bonds is 7. The van der Waals surface area contributed by atoms with Crippen LogP contribution in [0.5, 0.6) is 0 Å². The Labute approximate surface area is 96.4 Å². The van der Waals surface area contributed by atoms with E-state index in [1.54, 1.807) is 11.8 Å². The van der Waals surface area contributed by atoms with Crippen molar-refractivity contribution in [2.24, 2.45) is 0 Å². The minimum atomic E-state index is 0.808. The Morgan fingerprint density at radius 3 is 2.60 bits per heavy atom. The number of anilines is 1. The van der Waals surface area contributed by atoms with Crippen molar-refractivity contribution in [2.75, 3.05) is 31.3 Å². The van der Waals surface area contributed by atoms with Gasteiger partial charge in [0.05, 0.1) is 0 Å². The lowest BCUT2D eigenvalue weighted by Gasteiger charge is -2.06. The van der Waals surface area contributed by atoms with E-state index in [1.165, 1.54) is 10.6 Å². The summed E-state index contributed by atoms with van der Waals surface area (Å²) >= 11 is 1.76. The van der Waals surface area contributed by atoms with Gasteiger partial charge in [0, 0.05) is 30.3 Å². The van der Waals surface area contributed by atoms with Crippen molar-refractivity contribution in [2.45, 2.75) is 18.2 Å². The number of thioether (sulfide) groups is 1. The maximum absolute atomic E-state index is 5.26. The van der Waals surface area contributed by atoms with E-state index in [-0.39, 0.29) is 0 Å². The highest BCUT2D eigenvalue weighted by Gasteiger charge is 1.92. The first-order valence-electron chi connectivity index (χ1n) is 5.32. The molecule has 0 saturated heterocycles. The van der Waals surface area contributed by atoms with Crippen LogP contribution in [0, 0.1) is 0 Å². The van der Waals surface area contributed by atoms with Gasteiger partial charge in [-0.2, -0.15) is 0 Å². The minimum Gasteiger partial charge on any atom is -0.385 e. The van der Waals surface area contributed by atoms with E-state index < -0.39 is 0 Å². The number of benzene rings is 1. The number of nitrogens with one attached hydrogen (secondary N) is 1. The molecule has 0 heterocycles. The fourth-order valence-electron chi connectivity index (χ4n) is 1.26. The highest BCUT2D eigenvalue weighted by atomic mass is 32.2. The van der Waals surface area contributed by atoms with E-state index in [4.69, 9.17) is 4.74 Å². The summed E-state index contributed by atoms with van der Waals surface area (Å²) in [7, 11) is 0. The lowest BCUT2D eigenvalue weighted by Crippen LogP contribution is -2.05. The Bertz CT molecular complexity index is 261. The van der Waals surface area contributed by atoms with Crippen molar-refractivity contribution in [1.82, 2.24) is 0 Å². The van der Waals surface area contributed by atoms with Crippen molar-refractivity contribution in [3.05, 3.63) is 24.3 Å². The Balaban J connectivity index is 2.20. The SMILES string of the molecule is CCOCCCNc1ccc(SC)cc1. The molecule has 1 aromatic rings. The molecule has 0 unspecified atom stereocenters. The third-order valence-corrected chi connectivity index (χ3v) is 2.83. The Kier molecular flexibility index (Phi) is 6.28. The van der Waals surface area contributed by atoms with Gasteiger partial charge in [-0.3, -0.25) is 0 Å². The molecule has 0 aliphatic rings. The van der Waals surface area contributed by atoms with Gasteiger partial charge < -0.3 is 10.1 Å². The topological polar surface area (TPSA) is 21.3 Å². The Hall–Kier alpha value is -0.670. The number of ether oxygens (including phenoxy) is 1. The second-order valence-electron chi connectivity index (χ2n) is 3.21. The van der Waals surface area contributed by atoms with E-state index >= 15 is 0 Å². The highest BCUT2D eigenvalue weighted by molar-refractivity contribution is 7.98. The molecule has 1 N–H and O–H groups in total. The fourth-order valence-corrected chi connectivity index (χ4v) is 1.67. The fraction of sp³-hybridized carbons (Fsp3) is 0.500. The van der Waals surface area contributed by atoms with Gasteiger partial charge >= 0.3 is 0 Å². The van der Waals surface area contributed by atoms with Crippen molar-refractivity contribution in [3.8, 4) is 0 Å². The highest BCUT2D eigenvalue weighted by Crippen LogP contribution is 2.17. The quantitative estimate of drug-likeness (QED) is 0.568. The second kappa shape index (κ2) is 7.60. The largest absolute Gasteiger partial charge is 0.385 e. The monoisotopic (exact) mass is 225 g/mol. The molecule has 3 heteroatoms. The molecule has 0 spiro atoms. The molecule has 0 aliphatic carbocycles. The third kappa shape index (κ3) is 5.09. The first-order valence-corrected chi connectivity index (χ1v) is 6.55. The van der Waals surface area contributed by atoms with Crippen molar-refractivity contribution in [1.29, 1.82) is 0 Å². The van der Waals surface area contributed by atoms with E-state index in [2.05, 4.69) is 35.8 Å². The molecule has 0 bridgehead atoms. The minimum absolute atomic E-state index is 0.808. The number of hydrogen-bond acceptors (Lipinski definition) is 3. The molecule has 0 aromatic heterocycles. The summed E-state index contributed by atoms with van der Waals surface area (Å²) in [5.41, 5.74) is 1.18. The van der Waals surface area contributed by atoms with Crippen LogP contribution in [0.3, 0.4) is 0 Å². The molecule has 0 radical (unpaired) electrons. The van der Waals surface area contributed by atoms with E-state index in [0.29, 0.717) is 0 Å². The van der Waals surface area contributed by atoms with Crippen LogP contribution < -0.4 is 5.32 Å². The zero-order valence-corrected chi connectivity index (χ0v) is 10.3. The maximum Gasteiger partial charge on any atom is 0.0482 e. The Morgan fingerprint density at radius 1 is 1.27 bits per heavy atom. The van der Waals surface area contributed by atoms with Crippen LogP contribution in [0.4, 0.5) is 5.69 Å². The Morgan fingerprint density at radius 2 is 2.00 bits per heavy atom. The summed E-state index contributed by atoms with van der Waals surface area (Å²) in [5.74, 6) is 0. The van der Waals surface area contributed by atoms with Gasteiger partial charge in [-0.1, -0.05) is 0 Å². The van der Waals surface area contributed by atoms with E-state index in [1.807, 2.05) is 6.92 Å². The van der Waals surface area contributed by atoms with Gasteiger partial charge in [-0.25, -0.2) is 0 Å². The van der Waals surface area contributed by atoms with Crippen LogP contribution in [0.15, 0.2) is 29.2 Å². The summed E-state index contributed by atoms with van der Waals surface area (Å²) in [6.07, 6.45) is 3.14. The number of hydrogen-bond donors (Lipinski definition) is 1. The first kappa shape index (κ1) is 12.4. The van der Waals surface area contributed by atoms with Gasteiger partial charge in [0.15, 0.2) is 0 Å². The van der Waals surface area contributed by atoms with Crippen LogP contribution >= 0.6 is 11.8 Å². The molecule has 0 aliphatic heterocycles. The molecule has 1 aromatic carbocycles. The molecule has 0 fully saturated rings. The average Bonchev–Trinajstić information content (AvgIpc) is 2.30. The standard InChI is InChI=1S/C12H19NOS/c1-3-14-10-4-9-13-11-5-7-12(15-2)8-6-11/h5-8,13H,3-4,9-10H2,1-2H3. The summed E-state index contributed by atoms with van der Waals surface area (Å²) in [4.78, 5) is 1.30. The molecule has 15 heavy (non-hydrogen) atoms. The van der Waals surface area contributed by atoms with Crippen molar-refractivity contribution < 1.29 is 4.74 Å². The van der Waals surface area contributed by atoms with Crippen molar-refractivity contribution in [3.63, 3.8) is 0 Å². The summed E-state index contributed by atoms with van der Waals surface area (Å²) in [5, 5.41) is 3.37. The molecule has 84 valence electrons. The lowest BCUT2D eigenvalue weighted by atomic mass is 10.3. The van der Waals surface area contributed by atoms with Crippen LogP contribution in [-0.2, 0) is 4.74 Å². The summed E-state index contributed by atoms with van der Waals surface area (Å²) in [6.45, 7) is 4.64. The molecular formula is C12H19NOS.